The van der Waals surface area contributed by atoms with E-state index in [1.807, 2.05) is 13.8 Å². The van der Waals surface area contributed by atoms with Gasteiger partial charge in [0.2, 0.25) is 5.91 Å². The van der Waals surface area contributed by atoms with E-state index < -0.39 is 0 Å². The Bertz CT molecular complexity index is 404. The van der Waals surface area contributed by atoms with Crippen LogP contribution in [-0.2, 0) is 4.79 Å². The van der Waals surface area contributed by atoms with E-state index in [0.29, 0.717) is 11.3 Å². The van der Waals surface area contributed by atoms with Gasteiger partial charge < -0.3 is 11.1 Å². The van der Waals surface area contributed by atoms with Crippen molar-refractivity contribution in [2.45, 2.75) is 33.2 Å². The zero-order valence-electron chi connectivity index (χ0n) is 10.5. The standard InChI is InChI=1S/C13H19FN2O/c1-8(2)12(15)7-13(17)16-10-5-4-9(3)11(14)6-10/h4-6,8,12H,7,15H2,1-3H3,(H,16,17). The first kappa shape index (κ1) is 13.6. The van der Waals surface area contributed by atoms with Gasteiger partial charge in [-0.25, -0.2) is 4.39 Å². The first-order chi connectivity index (χ1) is 7.90. The minimum absolute atomic E-state index is 0.176. The maximum absolute atomic E-state index is 13.2. The predicted molar refractivity (Wildman–Crippen MR) is 67.2 cm³/mol. The summed E-state index contributed by atoms with van der Waals surface area (Å²) in [4.78, 5) is 11.6. The van der Waals surface area contributed by atoms with Gasteiger partial charge in [-0.3, -0.25) is 4.79 Å². The molecule has 0 aliphatic carbocycles. The number of carbonyl (C=O) groups is 1. The highest BCUT2D eigenvalue weighted by atomic mass is 19.1. The Morgan fingerprint density at radius 2 is 2.12 bits per heavy atom. The summed E-state index contributed by atoms with van der Waals surface area (Å²) < 4.78 is 13.2. The number of halogens is 1. The number of nitrogens with one attached hydrogen (secondary N) is 1. The SMILES string of the molecule is Cc1ccc(NC(=O)CC(N)C(C)C)cc1F. The molecule has 1 unspecified atom stereocenters. The molecule has 1 atom stereocenters. The number of amides is 1. The number of anilines is 1. The second-order valence-corrected chi connectivity index (χ2v) is 4.62. The smallest absolute Gasteiger partial charge is 0.225 e. The lowest BCUT2D eigenvalue weighted by Crippen LogP contribution is -2.31. The van der Waals surface area contributed by atoms with Gasteiger partial charge in [0.1, 0.15) is 5.82 Å². The van der Waals surface area contributed by atoms with Crippen molar-refractivity contribution >= 4 is 11.6 Å². The maximum atomic E-state index is 13.2. The van der Waals surface area contributed by atoms with Crippen LogP contribution in [0.15, 0.2) is 18.2 Å². The zero-order chi connectivity index (χ0) is 13.0. The maximum Gasteiger partial charge on any atom is 0.225 e. The fourth-order valence-electron chi connectivity index (χ4n) is 1.33. The Hall–Kier alpha value is -1.42. The molecule has 0 heterocycles. The molecular formula is C13H19FN2O. The van der Waals surface area contributed by atoms with Crippen molar-refractivity contribution in [2.24, 2.45) is 11.7 Å². The summed E-state index contributed by atoms with van der Waals surface area (Å²) in [5.41, 5.74) is 6.81. The molecule has 0 bridgehead atoms. The van der Waals surface area contributed by atoms with Crippen molar-refractivity contribution in [3.8, 4) is 0 Å². The zero-order valence-corrected chi connectivity index (χ0v) is 10.5. The van der Waals surface area contributed by atoms with Crippen LogP contribution in [0.2, 0.25) is 0 Å². The van der Waals surface area contributed by atoms with Crippen molar-refractivity contribution in [1.29, 1.82) is 0 Å². The Morgan fingerprint density at radius 1 is 1.47 bits per heavy atom. The van der Waals surface area contributed by atoms with Gasteiger partial charge in [-0.2, -0.15) is 0 Å². The van der Waals surface area contributed by atoms with Crippen LogP contribution < -0.4 is 11.1 Å². The summed E-state index contributed by atoms with van der Waals surface area (Å²) in [6.45, 7) is 5.60. The van der Waals surface area contributed by atoms with E-state index in [9.17, 15) is 9.18 Å². The highest BCUT2D eigenvalue weighted by Gasteiger charge is 2.13. The molecule has 0 saturated heterocycles. The van der Waals surface area contributed by atoms with E-state index in [1.54, 1.807) is 19.1 Å². The minimum atomic E-state index is -0.323. The van der Waals surface area contributed by atoms with Gasteiger partial charge in [0.15, 0.2) is 0 Å². The van der Waals surface area contributed by atoms with Gasteiger partial charge in [-0.1, -0.05) is 19.9 Å². The summed E-state index contributed by atoms with van der Waals surface area (Å²) in [5.74, 6) is -0.263. The van der Waals surface area contributed by atoms with Gasteiger partial charge in [-0.15, -0.1) is 0 Å². The topological polar surface area (TPSA) is 55.1 Å². The third-order valence-electron chi connectivity index (χ3n) is 2.73. The largest absolute Gasteiger partial charge is 0.327 e. The van der Waals surface area contributed by atoms with Crippen LogP contribution in [0.4, 0.5) is 10.1 Å². The number of aryl methyl sites for hydroxylation is 1. The number of benzene rings is 1. The van der Waals surface area contributed by atoms with E-state index in [2.05, 4.69) is 5.32 Å². The summed E-state index contributed by atoms with van der Waals surface area (Å²) in [5, 5.41) is 2.64. The first-order valence-electron chi connectivity index (χ1n) is 5.71. The van der Waals surface area contributed by atoms with E-state index in [1.165, 1.54) is 6.07 Å². The molecule has 1 aromatic carbocycles. The minimum Gasteiger partial charge on any atom is -0.327 e. The lowest BCUT2D eigenvalue weighted by atomic mass is 10.0. The molecule has 4 heteroatoms. The Morgan fingerprint density at radius 3 is 2.65 bits per heavy atom. The van der Waals surface area contributed by atoms with Crippen molar-refractivity contribution in [2.75, 3.05) is 5.32 Å². The lowest BCUT2D eigenvalue weighted by molar-refractivity contribution is -0.116. The lowest BCUT2D eigenvalue weighted by Gasteiger charge is -2.15. The third-order valence-corrected chi connectivity index (χ3v) is 2.73. The summed E-state index contributed by atoms with van der Waals surface area (Å²) in [6.07, 6.45) is 0.243. The molecule has 3 N–H and O–H groups in total. The summed E-state index contributed by atoms with van der Waals surface area (Å²) >= 11 is 0. The van der Waals surface area contributed by atoms with Crippen molar-refractivity contribution in [1.82, 2.24) is 0 Å². The number of rotatable bonds is 4. The Kier molecular flexibility index (Phi) is 4.63. The molecule has 0 fully saturated rings. The predicted octanol–water partition coefficient (Wildman–Crippen LogP) is 2.45. The highest BCUT2D eigenvalue weighted by Crippen LogP contribution is 2.14. The molecule has 17 heavy (non-hydrogen) atoms. The molecule has 1 rings (SSSR count). The normalized spacial score (nSPS) is 12.6. The van der Waals surface area contributed by atoms with E-state index >= 15 is 0 Å². The Balaban J connectivity index is 2.59. The molecule has 1 aromatic rings. The molecule has 0 aromatic heterocycles. The molecule has 0 radical (unpaired) electrons. The van der Waals surface area contributed by atoms with Gasteiger partial charge in [0, 0.05) is 18.2 Å². The molecular weight excluding hydrogens is 219 g/mol. The second-order valence-electron chi connectivity index (χ2n) is 4.62. The second kappa shape index (κ2) is 5.77. The molecule has 0 aliphatic rings. The van der Waals surface area contributed by atoms with Crippen LogP contribution in [0, 0.1) is 18.7 Å². The average molecular weight is 238 g/mol. The molecule has 0 aliphatic heterocycles. The molecule has 94 valence electrons. The summed E-state index contributed by atoms with van der Waals surface area (Å²) in [6, 6.07) is 4.45. The molecule has 3 nitrogen and oxygen atoms in total. The Labute approximate surface area is 101 Å². The molecule has 0 spiro atoms. The van der Waals surface area contributed by atoms with Crippen LogP contribution >= 0.6 is 0 Å². The number of hydrogen-bond donors (Lipinski definition) is 2. The number of nitrogens with two attached hydrogens (primary N) is 1. The fourth-order valence-corrected chi connectivity index (χ4v) is 1.33. The van der Waals surface area contributed by atoms with Crippen molar-refractivity contribution in [3.05, 3.63) is 29.6 Å². The highest BCUT2D eigenvalue weighted by molar-refractivity contribution is 5.91. The van der Waals surface area contributed by atoms with Crippen molar-refractivity contribution < 1.29 is 9.18 Å². The van der Waals surface area contributed by atoms with E-state index in [4.69, 9.17) is 5.73 Å². The monoisotopic (exact) mass is 238 g/mol. The molecule has 0 saturated carbocycles. The summed E-state index contributed by atoms with van der Waals surface area (Å²) in [7, 11) is 0. The van der Waals surface area contributed by atoms with Crippen LogP contribution in [0.1, 0.15) is 25.8 Å². The van der Waals surface area contributed by atoms with Crippen LogP contribution in [-0.4, -0.2) is 11.9 Å². The average Bonchev–Trinajstić information content (AvgIpc) is 2.23. The molecule has 1 amide bonds. The van der Waals surface area contributed by atoms with E-state index in [-0.39, 0.29) is 30.1 Å². The van der Waals surface area contributed by atoms with Gasteiger partial charge in [0.25, 0.3) is 0 Å². The first-order valence-corrected chi connectivity index (χ1v) is 5.71. The third kappa shape index (κ3) is 4.15. The van der Waals surface area contributed by atoms with Crippen LogP contribution in [0.3, 0.4) is 0 Å². The number of carbonyl (C=O) groups excluding carboxylic acids is 1. The van der Waals surface area contributed by atoms with Crippen molar-refractivity contribution in [3.63, 3.8) is 0 Å². The quantitative estimate of drug-likeness (QED) is 0.846. The van der Waals surface area contributed by atoms with Gasteiger partial charge >= 0.3 is 0 Å². The van der Waals surface area contributed by atoms with Crippen LogP contribution in [0.5, 0.6) is 0 Å². The van der Waals surface area contributed by atoms with Gasteiger partial charge in [0.05, 0.1) is 0 Å². The number of hydrogen-bond acceptors (Lipinski definition) is 2. The van der Waals surface area contributed by atoms with E-state index in [0.717, 1.165) is 0 Å². The van der Waals surface area contributed by atoms with Gasteiger partial charge in [-0.05, 0) is 30.5 Å². The fraction of sp³-hybridized carbons (Fsp3) is 0.462. The van der Waals surface area contributed by atoms with Crippen LogP contribution in [0.25, 0.3) is 0 Å².